The average molecular weight is 510 g/mol. The number of hydrogen-bond acceptors (Lipinski definition) is 5. The van der Waals surface area contributed by atoms with Crippen molar-refractivity contribution in [2.45, 2.75) is 85.5 Å². The van der Waals surface area contributed by atoms with Crippen molar-refractivity contribution in [3.05, 3.63) is 0 Å². The molecule has 0 aliphatic heterocycles. The standard InChI is InChI=1S/C27H43NO6S/c1-16(13-17(2)25(31)28-11-12-35(32,33)34)20-5-6-21-24-22(8-10-27(20,21)4)26(3)9-7-19(29)14-18(26)15-23(24)30/h16-18,20-22,24H,5-15H2,1-4H3,(H,28,31)(H,32,33,34)/t16-,17+,18?,20-,21?,22?,24?,26+,27-/m1/s1. The number of carbonyl (C=O) groups excluding carboxylic acids is 3. The average Bonchev–Trinajstić information content (AvgIpc) is 3.11. The molecule has 0 bridgehead atoms. The summed E-state index contributed by atoms with van der Waals surface area (Å²) in [5.41, 5.74) is 0.192. The number of hydrogen-bond donors (Lipinski definition) is 2. The second-order valence-electron chi connectivity index (χ2n) is 12.8. The van der Waals surface area contributed by atoms with Gasteiger partial charge in [-0.05, 0) is 78.9 Å². The molecule has 9 atom stereocenters. The van der Waals surface area contributed by atoms with Gasteiger partial charge < -0.3 is 5.32 Å². The Morgan fingerprint density at radius 2 is 1.74 bits per heavy atom. The van der Waals surface area contributed by atoms with Crippen molar-refractivity contribution in [3.63, 3.8) is 0 Å². The van der Waals surface area contributed by atoms with Gasteiger partial charge in [-0.1, -0.05) is 27.7 Å². The zero-order valence-corrected chi connectivity index (χ0v) is 22.5. The lowest BCUT2D eigenvalue weighted by Gasteiger charge is -2.59. The minimum atomic E-state index is -4.09. The van der Waals surface area contributed by atoms with Crippen LogP contribution in [0.3, 0.4) is 0 Å². The van der Waals surface area contributed by atoms with E-state index in [0.717, 1.165) is 32.1 Å². The summed E-state index contributed by atoms with van der Waals surface area (Å²) >= 11 is 0. The van der Waals surface area contributed by atoms with Gasteiger partial charge in [0.05, 0.1) is 5.75 Å². The molecule has 8 heteroatoms. The summed E-state index contributed by atoms with van der Waals surface area (Å²) in [6, 6.07) is 0. The van der Waals surface area contributed by atoms with Crippen LogP contribution in [0.15, 0.2) is 0 Å². The summed E-state index contributed by atoms with van der Waals surface area (Å²) in [6.07, 6.45) is 7.75. The minimum Gasteiger partial charge on any atom is -0.355 e. The van der Waals surface area contributed by atoms with Crippen LogP contribution in [0.1, 0.15) is 85.5 Å². The van der Waals surface area contributed by atoms with Gasteiger partial charge in [0.15, 0.2) is 0 Å². The lowest BCUT2D eigenvalue weighted by atomic mass is 9.44. The van der Waals surface area contributed by atoms with Gasteiger partial charge in [0, 0.05) is 37.6 Å². The van der Waals surface area contributed by atoms with E-state index in [1.54, 1.807) is 0 Å². The maximum atomic E-state index is 13.5. The molecule has 4 saturated carbocycles. The molecule has 2 N–H and O–H groups in total. The van der Waals surface area contributed by atoms with Crippen LogP contribution in [0.5, 0.6) is 0 Å². The topological polar surface area (TPSA) is 118 Å². The number of nitrogens with one attached hydrogen (secondary N) is 1. The Morgan fingerprint density at radius 3 is 2.43 bits per heavy atom. The highest BCUT2D eigenvalue weighted by Gasteiger charge is 2.63. The number of Topliss-reactive ketones (excluding diaryl/α,β-unsaturated/α-hetero) is 2. The Labute approximate surface area is 210 Å². The van der Waals surface area contributed by atoms with Gasteiger partial charge >= 0.3 is 0 Å². The van der Waals surface area contributed by atoms with Gasteiger partial charge in [-0.25, -0.2) is 0 Å². The molecule has 1 amide bonds. The number of ketones is 2. The van der Waals surface area contributed by atoms with Crippen molar-refractivity contribution < 1.29 is 27.4 Å². The Morgan fingerprint density at radius 1 is 1.06 bits per heavy atom. The maximum Gasteiger partial charge on any atom is 0.266 e. The second-order valence-corrected chi connectivity index (χ2v) is 14.3. The van der Waals surface area contributed by atoms with Crippen LogP contribution >= 0.6 is 0 Å². The lowest BCUT2D eigenvalue weighted by molar-refractivity contribution is -0.159. The minimum absolute atomic E-state index is 0.0872. The van der Waals surface area contributed by atoms with Gasteiger partial charge in [0.1, 0.15) is 11.6 Å². The quantitative estimate of drug-likeness (QED) is 0.500. The molecule has 0 aromatic rings. The zero-order valence-electron chi connectivity index (χ0n) is 21.7. The highest BCUT2D eigenvalue weighted by atomic mass is 32.2. The number of rotatable bonds is 7. The SMILES string of the molecule is C[C@H](C[C@H](C)C(=O)NCCS(=O)(=O)O)[C@H]1CCC2C3C(=O)CC4CC(=O)CC[C@]4(C)C3CC[C@@]21C. The first-order valence-electron chi connectivity index (χ1n) is 13.5. The van der Waals surface area contributed by atoms with Crippen molar-refractivity contribution in [1.29, 1.82) is 0 Å². The summed E-state index contributed by atoms with van der Waals surface area (Å²) in [5.74, 6) is 1.68. The Kier molecular flexibility index (Phi) is 7.30. The van der Waals surface area contributed by atoms with Crippen LogP contribution in [0.25, 0.3) is 0 Å². The molecule has 7 nitrogen and oxygen atoms in total. The van der Waals surface area contributed by atoms with Crippen LogP contribution in [0, 0.1) is 52.3 Å². The van der Waals surface area contributed by atoms with Crippen molar-refractivity contribution in [3.8, 4) is 0 Å². The summed E-state index contributed by atoms with van der Waals surface area (Å²) < 4.78 is 30.7. The van der Waals surface area contributed by atoms with Crippen LogP contribution in [-0.4, -0.2) is 42.7 Å². The third-order valence-electron chi connectivity index (χ3n) is 10.9. The van der Waals surface area contributed by atoms with Crippen molar-refractivity contribution >= 4 is 27.6 Å². The largest absolute Gasteiger partial charge is 0.355 e. The number of amides is 1. The van der Waals surface area contributed by atoms with Gasteiger partial charge in [0.25, 0.3) is 10.1 Å². The molecule has 4 unspecified atom stereocenters. The molecule has 4 aliphatic rings. The molecule has 0 aromatic carbocycles. The lowest BCUT2D eigenvalue weighted by Crippen LogP contribution is -2.57. The van der Waals surface area contributed by atoms with Gasteiger partial charge in [-0.3, -0.25) is 18.9 Å². The fourth-order valence-electron chi connectivity index (χ4n) is 9.01. The van der Waals surface area contributed by atoms with E-state index < -0.39 is 15.9 Å². The molecular formula is C27H43NO6S. The molecule has 0 saturated heterocycles. The van der Waals surface area contributed by atoms with Crippen LogP contribution in [0.4, 0.5) is 0 Å². The van der Waals surface area contributed by atoms with Crippen molar-refractivity contribution in [2.75, 3.05) is 12.3 Å². The first kappa shape index (κ1) is 26.8. The van der Waals surface area contributed by atoms with Crippen LogP contribution in [-0.2, 0) is 24.5 Å². The number of carbonyl (C=O) groups is 3. The van der Waals surface area contributed by atoms with Crippen molar-refractivity contribution in [1.82, 2.24) is 5.32 Å². The number of fused-ring (bicyclic) bond motifs is 5. The molecule has 4 aliphatic carbocycles. The first-order chi connectivity index (χ1) is 16.3. The Balaban J connectivity index is 1.43. The molecule has 0 aromatic heterocycles. The highest BCUT2D eigenvalue weighted by Crippen LogP contribution is 2.67. The van der Waals surface area contributed by atoms with E-state index in [9.17, 15) is 22.8 Å². The summed E-state index contributed by atoms with van der Waals surface area (Å²) in [5, 5.41) is 2.63. The van der Waals surface area contributed by atoms with E-state index in [-0.39, 0.29) is 41.0 Å². The third-order valence-corrected chi connectivity index (χ3v) is 11.6. The molecule has 4 fully saturated rings. The van der Waals surface area contributed by atoms with Gasteiger partial charge in [0.2, 0.25) is 5.91 Å². The summed E-state index contributed by atoms with van der Waals surface area (Å²) in [6.45, 7) is 8.75. The van der Waals surface area contributed by atoms with E-state index in [0.29, 0.717) is 60.9 Å². The molecule has 198 valence electrons. The van der Waals surface area contributed by atoms with Gasteiger partial charge in [-0.15, -0.1) is 0 Å². The predicted octanol–water partition coefficient (Wildman–Crippen LogP) is 4.06. The van der Waals surface area contributed by atoms with E-state index in [2.05, 4.69) is 26.1 Å². The highest BCUT2D eigenvalue weighted by molar-refractivity contribution is 7.85. The Bertz CT molecular complexity index is 978. The molecule has 0 heterocycles. The van der Waals surface area contributed by atoms with Crippen LogP contribution < -0.4 is 5.32 Å². The normalized spacial score (nSPS) is 40.9. The fraction of sp³-hybridized carbons (Fsp3) is 0.889. The maximum absolute atomic E-state index is 13.5. The van der Waals surface area contributed by atoms with Crippen LogP contribution in [0.2, 0.25) is 0 Å². The first-order valence-corrected chi connectivity index (χ1v) is 15.1. The zero-order chi connectivity index (χ0) is 25.8. The predicted molar refractivity (Wildman–Crippen MR) is 133 cm³/mol. The van der Waals surface area contributed by atoms with E-state index >= 15 is 0 Å². The van der Waals surface area contributed by atoms with Crippen molar-refractivity contribution in [2.24, 2.45) is 52.3 Å². The van der Waals surface area contributed by atoms with E-state index in [1.807, 2.05) is 6.92 Å². The Hall–Kier alpha value is -1.28. The molecule has 0 radical (unpaired) electrons. The monoisotopic (exact) mass is 509 g/mol. The second kappa shape index (κ2) is 9.55. The molecule has 4 rings (SSSR count). The summed E-state index contributed by atoms with van der Waals surface area (Å²) in [7, 11) is -4.09. The third kappa shape index (κ3) is 4.98. The fourth-order valence-corrected chi connectivity index (χ4v) is 9.37. The smallest absolute Gasteiger partial charge is 0.266 e. The van der Waals surface area contributed by atoms with Gasteiger partial charge in [-0.2, -0.15) is 8.42 Å². The molecule has 35 heavy (non-hydrogen) atoms. The summed E-state index contributed by atoms with van der Waals surface area (Å²) in [4.78, 5) is 38.2. The van der Waals surface area contributed by atoms with E-state index in [4.69, 9.17) is 4.55 Å². The molecular weight excluding hydrogens is 466 g/mol. The van der Waals surface area contributed by atoms with E-state index in [1.165, 1.54) is 0 Å². The molecule has 0 spiro atoms.